The Balaban J connectivity index is 1.56. The van der Waals surface area contributed by atoms with Gasteiger partial charge in [-0.25, -0.2) is 8.78 Å². The van der Waals surface area contributed by atoms with E-state index in [0.717, 1.165) is 0 Å². The minimum Gasteiger partial charge on any atom is -0.378 e. The molecule has 2 aromatic carbocycles. The van der Waals surface area contributed by atoms with Crippen molar-refractivity contribution in [1.29, 1.82) is 0 Å². The van der Waals surface area contributed by atoms with Gasteiger partial charge < -0.3 is 20.3 Å². The average molecular weight is 357 g/mol. The van der Waals surface area contributed by atoms with Gasteiger partial charge in [0, 0.05) is 30.5 Å². The molecule has 2 aromatic rings. The minimum absolute atomic E-state index is 0.177. The van der Waals surface area contributed by atoms with Crippen LogP contribution in [0.3, 0.4) is 0 Å². The van der Waals surface area contributed by atoms with Crippen LogP contribution in [0.5, 0.6) is 0 Å². The van der Waals surface area contributed by atoms with E-state index in [0.29, 0.717) is 43.4 Å². The third-order valence-corrected chi connectivity index (χ3v) is 4.46. The molecule has 26 heavy (non-hydrogen) atoms. The third-order valence-electron chi connectivity index (χ3n) is 4.46. The maximum absolute atomic E-state index is 14.4. The molecule has 0 bridgehead atoms. The van der Waals surface area contributed by atoms with E-state index in [1.807, 2.05) is 4.90 Å². The number of halogens is 2. The molecule has 0 spiro atoms. The zero-order valence-corrected chi connectivity index (χ0v) is 13.9. The Morgan fingerprint density at radius 1 is 1.12 bits per heavy atom. The summed E-state index contributed by atoms with van der Waals surface area (Å²) >= 11 is 0. The highest BCUT2D eigenvalue weighted by Crippen LogP contribution is 2.33. The molecule has 1 fully saturated rings. The molecule has 0 atom stereocenters. The van der Waals surface area contributed by atoms with Gasteiger partial charge in [-0.2, -0.15) is 0 Å². The van der Waals surface area contributed by atoms with E-state index in [-0.39, 0.29) is 17.0 Å². The van der Waals surface area contributed by atoms with Gasteiger partial charge in [-0.3, -0.25) is 4.79 Å². The third kappa shape index (κ3) is 3.01. The Morgan fingerprint density at radius 2 is 1.92 bits per heavy atom. The lowest BCUT2D eigenvalue weighted by molar-refractivity contribution is -0.110. The van der Waals surface area contributed by atoms with Gasteiger partial charge in [0.1, 0.15) is 11.6 Å². The van der Waals surface area contributed by atoms with Crippen molar-refractivity contribution < 1.29 is 18.3 Å². The Kier molecular flexibility index (Phi) is 4.30. The normalized spacial score (nSPS) is 18.0. The van der Waals surface area contributed by atoms with Gasteiger partial charge in [-0.1, -0.05) is 6.07 Å². The standard InChI is InChI=1S/C19H17F2N3O2/c20-14-2-1-3-16-18(14)13(19(25)23-16)11-22-12-4-5-17(15(21)10-12)24-6-8-26-9-7-24/h1-5,10-11,22H,6-9H2,(H,23,25). The van der Waals surface area contributed by atoms with Crippen LogP contribution in [0.25, 0.3) is 5.57 Å². The van der Waals surface area contributed by atoms with Gasteiger partial charge in [-0.05, 0) is 30.3 Å². The highest BCUT2D eigenvalue weighted by atomic mass is 19.1. The maximum atomic E-state index is 14.4. The second kappa shape index (κ2) is 6.76. The fraction of sp³-hybridized carbons (Fsp3) is 0.211. The number of ether oxygens (including phenoxy) is 1. The number of nitrogens with zero attached hydrogens (tertiary/aromatic N) is 1. The molecule has 0 saturated carbocycles. The minimum atomic E-state index is -0.484. The van der Waals surface area contributed by atoms with Crippen LogP contribution < -0.4 is 15.5 Å². The van der Waals surface area contributed by atoms with Crippen LogP contribution in [-0.4, -0.2) is 32.2 Å². The Labute approximate surface area is 149 Å². The molecule has 1 saturated heterocycles. The number of benzene rings is 2. The summed E-state index contributed by atoms with van der Waals surface area (Å²) in [5.41, 5.74) is 1.81. The van der Waals surface area contributed by atoms with Gasteiger partial charge in [0.05, 0.1) is 30.2 Å². The number of hydrogen-bond donors (Lipinski definition) is 2. The Hall–Kier alpha value is -2.93. The maximum Gasteiger partial charge on any atom is 0.257 e. The molecule has 2 N–H and O–H groups in total. The van der Waals surface area contributed by atoms with Crippen molar-refractivity contribution in [3.63, 3.8) is 0 Å². The summed E-state index contributed by atoms with van der Waals surface area (Å²) in [5.74, 6) is -1.25. The molecule has 5 nitrogen and oxygen atoms in total. The fourth-order valence-electron chi connectivity index (χ4n) is 3.16. The van der Waals surface area contributed by atoms with E-state index in [2.05, 4.69) is 10.6 Å². The van der Waals surface area contributed by atoms with Crippen molar-refractivity contribution in [1.82, 2.24) is 0 Å². The molecule has 2 aliphatic rings. The first-order valence-corrected chi connectivity index (χ1v) is 8.32. The number of anilines is 3. The Morgan fingerprint density at radius 3 is 2.69 bits per heavy atom. The van der Waals surface area contributed by atoms with Crippen LogP contribution in [0, 0.1) is 11.6 Å². The molecule has 4 rings (SSSR count). The summed E-state index contributed by atoms with van der Waals surface area (Å²) < 4.78 is 33.7. The molecule has 134 valence electrons. The topological polar surface area (TPSA) is 53.6 Å². The number of carbonyl (C=O) groups is 1. The Bertz CT molecular complexity index is 892. The molecular formula is C19H17F2N3O2. The monoisotopic (exact) mass is 357 g/mol. The highest BCUT2D eigenvalue weighted by molar-refractivity contribution is 6.31. The molecule has 0 radical (unpaired) electrons. The second-order valence-electron chi connectivity index (χ2n) is 6.08. The van der Waals surface area contributed by atoms with Crippen molar-refractivity contribution in [2.75, 3.05) is 41.8 Å². The summed E-state index contributed by atoms with van der Waals surface area (Å²) in [4.78, 5) is 14.0. The van der Waals surface area contributed by atoms with Crippen molar-refractivity contribution >= 4 is 28.5 Å². The molecular weight excluding hydrogens is 340 g/mol. The predicted octanol–water partition coefficient (Wildman–Crippen LogP) is 3.21. The first kappa shape index (κ1) is 16.5. The smallest absolute Gasteiger partial charge is 0.257 e. The lowest BCUT2D eigenvalue weighted by atomic mass is 10.1. The van der Waals surface area contributed by atoms with E-state index in [1.165, 1.54) is 24.4 Å². The molecule has 1 amide bonds. The van der Waals surface area contributed by atoms with Gasteiger partial charge in [-0.15, -0.1) is 0 Å². The molecule has 2 aliphatic heterocycles. The van der Waals surface area contributed by atoms with Crippen LogP contribution in [0.4, 0.5) is 25.8 Å². The summed E-state index contributed by atoms with van der Waals surface area (Å²) in [6.07, 6.45) is 1.40. The van der Waals surface area contributed by atoms with Crippen LogP contribution in [0.1, 0.15) is 5.56 Å². The predicted molar refractivity (Wildman–Crippen MR) is 96.1 cm³/mol. The van der Waals surface area contributed by atoms with E-state index < -0.39 is 11.7 Å². The number of fused-ring (bicyclic) bond motifs is 1. The van der Waals surface area contributed by atoms with E-state index in [1.54, 1.807) is 18.2 Å². The van der Waals surface area contributed by atoms with Gasteiger partial charge >= 0.3 is 0 Å². The molecule has 2 heterocycles. The summed E-state index contributed by atoms with van der Waals surface area (Å²) in [6.45, 7) is 2.44. The van der Waals surface area contributed by atoms with Crippen LogP contribution in [0.2, 0.25) is 0 Å². The van der Waals surface area contributed by atoms with E-state index >= 15 is 0 Å². The summed E-state index contributed by atoms with van der Waals surface area (Å²) in [6, 6.07) is 9.23. The zero-order chi connectivity index (χ0) is 18.1. The zero-order valence-electron chi connectivity index (χ0n) is 13.9. The van der Waals surface area contributed by atoms with Gasteiger partial charge in [0.15, 0.2) is 0 Å². The van der Waals surface area contributed by atoms with E-state index in [4.69, 9.17) is 4.74 Å². The largest absolute Gasteiger partial charge is 0.378 e. The van der Waals surface area contributed by atoms with E-state index in [9.17, 15) is 13.6 Å². The number of morpholine rings is 1. The van der Waals surface area contributed by atoms with Crippen LogP contribution in [0.15, 0.2) is 42.6 Å². The lowest BCUT2D eigenvalue weighted by Gasteiger charge is -2.29. The molecule has 0 aromatic heterocycles. The molecule has 0 aliphatic carbocycles. The number of carbonyl (C=O) groups excluding carboxylic acids is 1. The SMILES string of the molecule is O=C1Nc2cccc(F)c2C1=CNc1ccc(N2CCOCC2)c(F)c1. The second-order valence-corrected chi connectivity index (χ2v) is 6.08. The summed E-state index contributed by atoms with van der Waals surface area (Å²) in [7, 11) is 0. The van der Waals surface area contributed by atoms with Crippen LogP contribution in [-0.2, 0) is 9.53 Å². The van der Waals surface area contributed by atoms with Crippen molar-refractivity contribution in [3.05, 3.63) is 59.8 Å². The quantitative estimate of drug-likeness (QED) is 0.829. The first-order chi connectivity index (χ1) is 12.6. The number of rotatable bonds is 3. The van der Waals surface area contributed by atoms with Crippen molar-refractivity contribution in [2.45, 2.75) is 0 Å². The van der Waals surface area contributed by atoms with Crippen LogP contribution >= 0.6 is 0 Å². The molecule has 7 heteroatoms. The fourth-order valence-corrected chi connectivity index (χ4v) is 3.16. The highest BCUT2D eigenvalue weighted by Gasteiger charge is 2.27. The number of hydrogen-bond acceptors (Lipinski definition) is 4. The summed E-state index contributed by atoms with van der Waals surface area (Å²) in [5, 5.41) is 5.49. The van der Waals surface area contributed by atoms with Gasteiger partial charge in [0.2, 0.25) is 0 Å². The lowest BCUT2D eigenvalue weighted by Crippen LogP contribution is -2.36. The number of nitrogens with one attached hydrogen (secondary N) is 2. The average Bonchev–Trinajstić information content (AvgIpc) is 2.97. The molecule has 0 unspecified atom stereocenters. The number of amides is 1. The van der Waals surface area contributed by atoms with Crippen molar-refractivity contribution in [3.8, 4) is 0 Å². The first-order valence-electron chi connectivity index (χ1n) is 8.32. The van der Waals surface area contributed by atoms with Crippen molar-refractivity contribution in [2.24, 2.45) is 0 Å². The van der Waals surface area contributed by atoms with Gasteiger partial charge in [0.25, 0.3) is 5.91 Å².